The highest BCUT2D eigenvalue weighted by molar-refractivity contribution is 6.55. The number of fused-ring (bicyclic) bond motifs is 4. The van der Waals surface area contributed by atoms with E-state index in [-0.39, 0.29) is 0 Å². The molecule has 7 aromatic rings. The summed E-state index contributed by atoms with van der Waals surface area (Å²) in [4.78, 5) is 10.3. The maximum Gasteiger partial charge on any atom is 0.160 e. The summed E-state index contributed by atoms with van der Waals surface area (Å²) in [5.41, 5.74) is 12.7. The molecule has 6 aromatic carbocycles. The number of anilines is 1. The van der Waals surface area contributed by atoms with Crippen molar-refractivity contribution >= 4 is 44.9 Å². The van der Waals surface area contributed by atoms with Crippen molar-refractivity contribution in [3.05, 3.63) is 157 Å². The normalized spacial score (nSPS) is 13.3. The van der Waals surface area contributed by atoms with E-state index >= 15 is 0 Å². The van der Waals surface area contributed by atoms with Crippen molar-refractivity contribution in [3.8, 4) is 33.8 Å². The third kappa shape index (κ3) is 4.86. The fourth-order valence-corrected chi connectivity index (χ4v) is 5.97. The number of nitrogens with one attached hydrogen (secondary N) is 2. The Morgan fingerprint density at radius 3 is 2.13 bits per heavy atom. The SMILES string of the molecule is N=C1/C(=N\Nc2ccccc2)C=Cc2ccc3ccc(-c4nc(-c5ccccc5-c5ccccc5)c5ccccc5n4)cc3c21. The standard InChI is InChI=1S/C40H27N5/c41-38-36(45-44-30-13-5-2-6-14-30)24-23-28-21-19-27-20-22-29(25-34(27)37(28)38)40-42-35-18-10-9-17-33(35)39(43-40)32-16-8-7-15-31(32)26-11-3-1-4-12-26/h1-25,41,44H/b41-38?,45-36-. The number of allylic oxidation sites excluding steroid dienone is 1. The highest BCUT2D eigenvalue weighted by Crippen LogP contribution is 2.37. The minimum atomic E-state index is 0.371. The van der Waals surface area contributed by atoms with E-state index in [1.54, 1.807) is 0 Å². The molecule has 0 unspecified atom stereocenters. The lowest BCUT2D eigenvalue weighted by atomic mass is 9.88. The van der Waals surface area contributed by atoms with E-state index in [1.165, 1.54) is 0 Å². The molecule has 45 heavy (non-hydrogen) atoms. The summed E-state index contributed by atoms with van der Waals surface area (Å²) in [6, 6.07) is 47.2. The van der Waals surface area contributed by atoms with Crippen LogP contribution < -0.4 is 5.43 Å². The number of aromatic nitrogens is 2. The molecule has 0 spiro atoms. The van der Waals surface area contributed by atoms with Gasteiger partial charge in [0.1, 0.15) is 5.71 Å². The van der Waals surface area contributed by atoms with Gasteiger partial charge >= 0.3 is 0 Å². The van der Waals surface area contributed by atoms with Crippen molar-refractivity contribution in [3.63, 3.8) is 0 Å². The van der Waals surface area contributed by atoms with E-state index in [0.29, 0.717) is 17.2 Å². The Labute approximate surface area is 260 Å². The zero-order valence-corrected chi connectivity index (χ0v) is 24.3. The van der Waals surface area contributed by atoms with Crippen molar-refractivity contribution in [1.29, 1.82) is 5.41 Å². The van der Waals surface area contributed by atoms with Gasteiger partial charge in [0.05, 0.1) is 22.6 Å². The second-order valence-corrected chi connectivity index (χ2v) is 11.0. The van der Waals surface area contributed by atoms with Crippen LogP contribution >= 0.6 is 0 Å². The molecular weight excluding hydrogens is 550 g/mol. The smallest absolute Gasteiger partial charge is 0.160 e. The first-order valence-electron chi connectivity index (χ1n) is 14.9. The number of hydrazone groups is 1. The first kappa shape index (κ1) is 26.4. The molecule has 1 heterocycles. The molecule has 5 nitrogen and oxygen atoms in total. The number of hydrogen-bond donors (Lipinski definition) is 2. The molecule has 5 heteroatoms. The van der Waals surface area contributed by atoms with Crippen LogP contribution in [0, 0.1) is 5.41 Å². The van der Waals surface area contributed by atoms with E-state index in [4.69, 9.17) is 15.4 Å². The number of nitrogens with zero attached hydrogens (tertiary/aromatic N) is 3. The highest BCUT2D eigenvalue weighted by atomic mass is 15.3. The van der Waals surface area contributed by atoms with E-state index in [0.717, 1.165) is 66.4 Å². The Balaban J connectivity index is 1.27. The van der Waals surface area contributed by atoms with Gasteiger partial charge < -0.3 is 0 Å². The topological polar surface area (TPSA) is 74.0 Å². The van der Waals surface area contributed by atoms with Crippen LogP contribution in [0.25, 0.3) is 61.5 Å². The summed E-state index contributed by atoms with van der Waals surface area (Å²) in [5.74, 6) is 0.642. The zero-order chi connectivity index (χ0) is 30.2. The number of hydrogen-bond acceptors (Lipinski definition) is 5. The molecule has 0 saturated carbocycles. The minimum Gasteiger partial charge on any atom is -0.298 e. The number of benzene rings is 6. The number of rotatable bonds is 5. The van der Waals surface area contributed by atoms with Crippen LogP contribution in [0.5, 0.6) is 0 Å². The lowest BCUT2D eigenvalue weighted by Gasteiger charge is -2.17. The third-order valence-electron chi connectivity index (χ3n) is 8.19. The Bertz CT molecular complexity index is 2300. The van der Waals surface area contributed by atoms with E-state index in [2.05, 4.69) is 95.5 Å². The predicted octanol–water partition coefficient (Wildman–Crippen LogP) is 9.65. The Morgan fingerprint density at radius 1 is 0.578 bits per heavy atom. The first-order chi connectivity index (χ1) is 22.2. The average molecular weight is 578 g/mol. The van der Waals surface area contributed by atoms with Gasteiger partial charge in [0.25, 0.3) is 0 Å². The lowest BCUT2D eigenvalue weighted by Crippen LogP contribution is -2.18. The maximum absolute atomic E-state index is 9.16. The van der Waals surface area contributed by atoms with Crippen LogP contribution in [0.1, 0.15) is 11.1 Å². The predicted molar refractivity (Wildman–Crippen MR) is 187 cm³/mol. The zero-order valence-electron chi connectivity index (χ0n) is 24.3. The number of para-hydroxylation sites is 2. The van der Waals surface area contributed by atoms with Crippen LogP contribution in [0.2, 0.25) is 0 Å². The first-order valence-corrected chi connectivity index (χ1v) is 14.9. The van der Waals surface area contributed by atoms with Gasteiger partial charge in [0, 0.05) is 22.1 Å². The Morgan fingerprint density at radius 2 is 1.29 bits per heavy atom. The van der Waals surface area contributed by atoms with Crippen LogP contribution in [0.4, 0.5) is 5.69 Å². The summed E-state index contributed by atoms with van der Waals surface area (Å²) in [6.45, 7) is 0. The Hall–Kier alpha value is -6.20. The van der Waals surface area contributed by atoms with Gasteiger partial charge in [-0.25, -0.2) is 9.97 Å². The van der Waals surface area contributed by atoms with Gasteiger partial charge in [-0.05, 0) is 57.8 Å². The highest BCUT2D eigenvalue weighted by Gasteiger charge is 2.21. The summed E-state index contributed by atoms with van der Waals surface area (Å²) in [5, 5.41) is 16.7. The van der Waals surface area contributed by atoms with Crippen LogP contribution in [-0.2, 0) is 0 Å². The molecule has 0 fully saturated rings. The fraction of sp³-hybridized carbons (Fsp3) is 0. The molecule has 0 atom stereocenters. The molecule has 1 aliphatic carbocycles. The monoisotopic (exact) mass is 577 g/mol. The molecule has 0 saturated heterocycles. The average Bonchev–Trinajstić information content (AvgIpc) is 3.11. The van der Waals surface area contributed by atoms with Crippen LogP contribution in [0.3, 0.4) is 0 Å². The van der Waals surface area contributed by atoms with Gasteiger partial charge in [-0.15, -0.1) is 0 Å². The molecule has 1 aliphatic rings. The Kier molecular flexibility index (Phi) is 6.54. The van der Waals surface area contributed by atoms with E-state index in [1.807, 2.05) is 66.7 Å². The fourth-order valence-electron chi connectivity index (χ4n) is 5.97. The van der Waals surface area contributed by atoms with E-state index < -0.39 is 0 Å². The maximum atomic E-state index is 9.16. The van der Waals surface area contributed by atoms with Crippen LogP contribution in [0.15, 0.2) is 151 Å². The molecule has 0 amide bonds. The van der Waals surface area contributed by atoms with Crippen molar-refractivity contribution in [2.75, 3.05) is 5.43 Å². The van der Waals surface area contributed by atoms with Crippen molar-refractivity contribution in [1.82, 2.24) is 9.97 Å². The summed E-state index contributed by atoms with van der Waals surface area (Å²) >= 11 is 0. The second-order valence-electron chi connectivity index (χ2n) is 11.0. The van der Waals surface area contributed by atoms with E-state index in [9.17, 15) is 0 Å². The molecule has 212 valence electrons. The molecule has 2 N–H and O–H groups in total. The summed E-state index contributed by atoms with van der Waals surface area (Å²) < 4.78 is 0. The molecule has 0 bridgehead atoms. The summed E-state index contributed by atoms with van der Waals surface area (Å²) in [7, 11) is 0. The van der Waals surface area contributed by atoms with Gasteiger partial charge in [-0.3, -0.25) is 10.8 Å². The van der Waals surface area contributed by atoms with Crippen molar-refractivity contribution in [2.24, 2.45) is 5.10 Å². The molecule has 0 radical (unpaired) electrons. The van der Waals surface area contributed by atoms with Gasteiger partial charge in [0.2, 0.25) is 0 Å². The molecule has 1 aromatic heterocycles. The molecule has 8 rings (SSSR count). The largest absolute Gasteiger partial charge is 0.298 e. The summed E-state index contributed by atoms with van der Waals surface area (Å²) in [6.07, 6.45) is 3.91. The van der Waals surface area contributed by atoms with Crippen molar-refractivity contribution < 1.29 is 0 Å². The van der Waals surface area contributed by atoms with Gasteiger partial charge in [-0.2, -0.15) is 5.10 Å². The molecule has 0 aliphatic heterocycles. The van der Waals surface area contributed by atoms with Gasteiger partial charge in [-0.1, -0.05) is 121 Å². The van der Waals surface area contributed by atoms with Crippen molar-refractivity contribution in [2.45, 2.75) is 0 Å². The van der Waals surface area contributed by atoms with Gasteiger partial charge in [0.15, 0.2) is 5.82 Å². The molecular formula is C40H27N5. The van der Waals surface area contributed by atoms with Crippen LogP contribution in [-0.4, -0.2) is 21.4 Å². The quantitative estimate of drug-likeness (QED) is 0.200. The lowest BCUT2D eigenvalue weighted by molar-refractivity contribution is 1.23. The second kappa shape index (κ2) is 11.1. The minimum absolute atomic E-state index is 0.371. The third-order valence-corrected chi connectivity index (χ3v) is 8.19.